The highest BCUT2D eigenvalue weighted by molar-refractivity contribution is 9.10. The largest absolute Gasteiger partial charge is 0.508 e. The first-order valence-corrected chi connectivity index (χ1v) is 16.9. The minimum atomic E-state index is -4.83. The van der Waals surface area contributed by atoms with Crippen LogP contribution in [0.1, 0.15) is 36.9 Å². The van der Waals surface area contributed by atoms with Gasteiger partial charge in [-0.1, -0.05) is 50.8 Å². The molecule has 260 valence electrons. The lowest BCUT2D eigenvalue weighted by molar-refractivity contribution is -0.141. The number of hydrazine groups is 1. The Balaban J connectivity index is 1.34. The van der Waals surface area contributed by atoms with E-state index in [4.69, 9.17) is 23.2 Å². The summed E-state index contributed by atoms with van der Waals surface area (Å²) in [5, 5.41) is 12.3. The summed E-state index contributed by atoms with van der Waals surface area (Å²) < 4.78 is 55.3. The Morgan fingerprint density at radius 3 is 2.38 bits per heavy atom. The summed E-state index contributed by atoms with van der Waals surface area (Å²) in [6.07, 6.45) is -3.10. The van der Waals surface area contributed by atoms with Crippen LogP contribution in [-0.4, -0.2) is 45.8 Å². The number of imide groups is 2. The Morgan fingerprint density at radius 2 is 1.70 bits per heavy atom. The van der Waals surface area contributed by atoms with E-state index < -0.39 is 82.1 Å². The number of rotatable bonds is 4. The van der Waals surface area contributed by atoms with Crippen LogP contribution in [0.4, 0.5) is 29.1 Å². The average molecular weight is 796 g/mol. The molecule has 50 heavy (non-hydrogen) atoms. The molecule has 3 aromatic rings. The maximum absolute atomic E-state index is 14.5. The Hall–Kier alpha value is -4.01. The van der Waals surface area contributed by atoms with Crippen LogP contribution in [0.15, 0.2) is 64.7 Å². The molecule has 1 saturated carbocycles. The number of amides is 4. The number of aromatic nitrogens is 1. The number of phenols is 1. The Bertz CT molecular complexity index is 2060. The summed E-state index contributed by atoms with van der Waals surface area (Å²) in [5.41, 5.74) is -1.89. The molecule has 2 aliphatic heterocycles. The van der Waals surface area contributed by atoms with Crippen LogP contribution in [0.3, 0.4) is 0 Å². The molecule has 0 radical (unpaired) electrons. The number of fused-ring (bicyclic) bond motifs is 4. The Morgan fingerprint density at radius 1 is 0.980 bits per heavy atom. The van der Waals surface area contributed by atoms with E-state index in [1.54, 1.807) is 25.1 Å². The first-order valence-electron chi connectivity index (χ1n) is 15.3. The molecule has 1 aromatic heterocycles. The van der Waals surface area contributed by atoms with Gasteiger partial charge in [-0.3, -0.25) is 24.2 Å². The van der Waals surface area contributed by atoms with Crippen molar-refractivity contribution in [2.75, 3.05) is 17.0 Å². The second-order valence-corrected chi connectivity index (χ2v) is 14.7. The van der Waals surface area contributed by atoms with Gasteiger partial charge in [-0.05, 0) is 74.2 Å². The fraction of sp³-hybridized carbons (Fsp3) is 0.324. The highest BCUT2D eigenvalue weighted by Gasteiger charge is 2.68. The number of carbonyl (C=O) groups is 4. The van der Waals surface area contributed by atoms with Crippen molar-refractivity contribution >= 4 is 74.3 Å². The summed E-state index contributed by atoms with van der Waals surface area (Å²) in [5.74, 6) is -8.95. The minimum Gasteiger partial charge on any atom is -0.508 e. The molecule has 16 heteroatoms. The third-order valence-corrected chi connectivity index (χ3v) is 11.5. The maximum atomic E-state index is 14.5. The van der Waals surface area contributed by atoms with Crippen LogP contribution >= 0.6 is 39.1 Å². The third kappa shape index (κ3) is 4.96. The molecule has 1 N–H and O–H groups in total. The van der Waals surface area contributed by atoms with E-state index in [1.165, 1.54) is 25.2 Å². The number of hydrogen-bond acceptors (Lipinski definition) is 7. The molecular weight excluding hydrogens is 771 g/mol. The second kappa shape index (κ2) is 11.8. The topological polar surface area (TPSA) is 111 Å². The van der Waals surface area contributed by atoms with E-state index in [0.717, 1.165) is 27.1 Å². The van der Waals surface area contributed by atoms with Gasteiger partial charge in [0.25, 0.3) is 11.8 Å². The first-order chi connectivity index (χ1) is 23.5. The SMILES string of the molecule is CN(c1nc(C(F)(F)F)ccc1Cl)N1C(=O)C2CC=C3C(CC4C(=O)N(c5ccc(F)c(Cl)c5)C(=O)C4(C)C3c3cc(Br)ccc3O)C2C1=O. The molecule has 3 heterocycles. The zero-order chi connectivity index (χ0) is 36.2. The quantitative estimate of drug-likeness (QED) is 0.168. The monoisotopic (exact) mass is 794 g/mol. The van der Waals surface area contributed by atoms with Crippen molar-refractivity contribution in [3.05, 3.63) is 91.8 Å². The standard InChI is InChI=1S/C34H25BrCl2F4N4O5/c1-33-20(30(48)44(32(33)50)15-4-8-23(38)22(37)12-15)13-18-16(27(33)19-11-14(35)3-9-24(19)46)5-6-17-26(18)31(49)45(29(17)47)43(2)28-21(36)7-10-25(42-28)34(39,40)41/h3-5,7-12,17-18,20,26-27,46H,6,13H2,1-2H3. The third-order valence-electron chi connectivity index (χ3n) is 10.4. The number of hydrogen-bond donors (Lipinski definition) is 1. The summed E-state index contributed by atoms with van der Waals surface area (Å²) in [4.78, 5) is 61.6. The molecular formula is C34H25BrCl2F4N4O5. The van der Waals surface area contributed by atoms with Gasteiger partial charge >= 0.3 is 6.18 Å². The molecule has 6 atom stereocenters. The zero-order valence-electron chi connectivity index (χ0n) is 26.0. The van der Waals surface area contributed by atoms with E-state index in [0.29, 0.717) is 21.7 Å². The number of allylic oxidation sites excluding steroid dienone is 2. The fourth-order valence-electron chi connectivity index (χ4n) is 8.18. The predicted octanol–water partition coefficient (Wildman–Crippen LogP) is 7.30. The van der Waals surface area contributed by atoms with Crippen molar-refractivity contribution in [2.45, 2.75) is 31.9 Å². The second-order valence-electron chi connectivity index (χ2n) is 13.0. The average Bonchev–Trinajstić information content (AvgIpc) is 3.42. The molecule has 7 rings (SSSR count). The minimum absolute atomic E-state index is 0.0284. The molecule has 4 aliphatic rings. The van der Waals surface area contributed by atoms with Gasteiger partial charge in [0, 0.05) is 23.0 Å². The number of alkyl halides is 3. The van der Waals surface area contributed by atoms with Crippen LogP contribution in [0.2, 0.25) is 10.0 Å². The predicted molar refractivity (Wildman–Crippen MR) is 176 cm³/mol. The fourth-order valence-corrected chi connectivity index (χ4v) is 8.96. The first kappa shape index (κ1) is 34.4. The van der Waals surface area contributed by atoms with Crippen molar-refractivity contribution in [1.82, 2.24) is 9.99 Å². The van der Waals surface area contributed by atoms with Crippen LogP contribution in [0, 0.1) is 34.9 Å². The van der Waals surface area contributed by atoms with E-state index in [-0.39, 0.29) is 34.3 Å². The van der Waals surface area contributed by atoms with Crippen LogP contribution in [-0.2, 0) is 25.4 Å². The maximum Gasteiger partial charge on any atom is 0.433 e. The zero-order valence-corrected chi connectivity index (χ0v) is 29.1. The van der Waals surface area contributed by atoms with Crippen molar-refractivity contribution in [1.29, 1.82) is 0 Å². The number of aromatic hydroxyl groups is 1. The van der Waals surface area contributed by atoms with Crippen LogP contribution < -0.4 is 9.91 Å². The lowest BCUT2D eigenvalue weighted by atomic mass is 9.51. The van der Waals surface area contributed by atoms with Gasteiger partial charge in [0.1, 0.15) is 17.3 Å². The van der Waals surface area contributed by atoms with Gasteiger partial charge in [-0.25, -0.2) is 14.3 Å². The number of phenolic OH excluding ortho intramolecular Hbond substituents is 1. The number of pyridine rings is 1. The lowest BCUT2D eigenvalue weighted by Crippen LogP contribution is -2.49. The van der Waals surface area contributed by atoms with Gasteiger partial charge in [0.15, 0.2) is 5.82 Å². The van der Waals surface area contributed by atoms with Gasteiger partial charge in [-0.2, -0.15) is 18.2 Å². The van der Waals surface area contributed by atoms with Crippen molar-refractivity contribution < 1.29 is 41.8 Å². The van der Waals surface area contributed by atoms with Crippen LogP contribution in [0.25, 0.3) is 0 Å². The van der Waals surface area contributed by atoms with Gasteiger partial charge in [0.2, 0.25) is 11.8 Å². The lowest BCUT2D eigenvalue weighted by Gasteiger charge is -2.49. The molecule has 2 aromatic carbocycles. The smallest absolute Gasteiger partial charge is 0.433 e. The van der Waals surface area contributed by atoms with Crippen molar-refractivity contribution in [3.8, 4) is 5.75 Å². The highest BCUT2D eigenvalue weighted by Crippen LogP contribution is 2.64. The van der Waals surface area contributed by atoms with E-state index in [2.05, 4.69) is 20.9 Å². The van der Waals surface area contributed by atoms with Crippen LogP contribution in [0.5, 0.6) is 5.75 Å². The summed E-state index contributed by atoms with van der Waals surface area (Å²) >= 11 is 15.7. The van der Waals surface area contributed by atoms with E-state index >= 15 is 0 Å². The normalized spacial score (nSPS) is 27.7. The van der Waals surface area contributed by atoms with Gasteiger partial charge < -0.3 is 5.11 Å². The van der Waals surface area contributed by atoms with Gasteiger partial charge in [-0.15, -0.1) is 0 Å². The molecule has 2 aliphatic carbocycles. The molecule has 4 amide bonds. The Labute approximate surface area is 300 Å². The number of benzene rings is 2. The van der Waals surface area contributed by atoms with Crippen molar-refractivity contribution in [2.24, 2.45) is 29.1 Å². The number of nitrogens with zero attached hydrogens (tertiary/aromatic N) is 4. The number of anilines is 2. The molecule has 6 unspecified atom stereocenters. The molecule has 0 bridgehead atoms. The van der Waals surface area contributed by atoms with E-state index in [1.807, 2.05) is 0 Å². The molecule has 3 fully saturated rings. The summed E-state index contributed by atoms with van der Waals surface area (Å²) in [6, 6.07) is 9.76. The van der Waals surface area contributed by atoms with Gasteiger partial charge in [0.05, 0.1) is 38.9 Å². The molecule has 0 spiro atoms. The van der Waals surface area contributed by atoms with Crippen molar-refractivity contribution in [3.63, 3.8) is 0 Å². The summed E-state index contributed by atoms with van der Waals surface area (Å²) in [7, 11) is 1.21. The van der Waals surface area contributed by atoms with E-state index in [9.17, 15) is 41.8 Å². The number of halogens is 7. The highest BCUT2D eigenvalue weighted by atomic mass is 79.9. The number of carbonyl (C=O) groups excluding carboxylic acids is 4. The Kier molecular flexibility index (Phi) is 8.11. The molecule has 9 nitrogen and oxygen atoms in total. The molecule has 2 saturated heterocycles. The summed E-state index contributed by atoms with van der Waals surface area (Å²) in [6.45, 7) is 1.61.